The average Bonchev–Trinajstić information content (AvgIpc) is 2.26. The number of nitro benzene ring substituents is 1. The third-order valence-corrected chi connectivity index (χ3v) is 3.20. The molecule has 0 unspecified atom stereocenters. The normalized spacial score (nSPS) is 14.3. The first kappa shape index (κ1) is 11.8. The Morgan fingerprint density at radius 1 is 1.53 bits per heavy atom. The smallest absolute Gasteiger partial charge is 0.407 e. The van der Waals surface area contributed by atoms with Crippen molar-refractivity contribution in [2.24, 2.45) is 0 Å². The quantitative estimate of drug-likeness (QED) is 0.637. The number of carbonyl (C=O) groups is 1. The van der Waals surface area contributed by atoms with E-state index in [9.17, 15) is 14.9 Å². The summed E-state index contributed by atoms with van der Waals surface area (Å²) in [6.07, 6.45) is -0.621. The molecule has 1 heterocycles. The number of nitrogens with zero attached hydrogens (tertiary/aromatic N) is 2. The summed E-state index contributed by atoms with van der Waals surface area (Å²) < 4.78 is 0.593. The van der Waals surface area contributed by atoms with Gasteiger partial charge in [-0.2, -0.15) is 0 Å². The SMILES string of the molecule is O=C(O)N1CCc2c(cc(Br)cc2[N+](=O)[O-])C1. The van der Waals surface area contributed by atoms with E-state index in [0.717, 1.165) is 0 Å². The number of nitro groups is 1. The summed E-state index contributed by atoms with van der Waals surface area (Å²) in [6, 6.07) is 3.19. The van der Waals surface area contributed by atoms with E-state index in [0.29, 0.717) is 28.6 Å². The van der Waals surface area contributed by atoms with Gasteiger partial charge in [0.1, 0.15) is 0 Å². The van der Waals surface area contributed by atoms with E-state index in [-0.39, 0.29) is 12.2 Å². The van der Waals surface area contributed by atoms with Gasteiger partial charge in [0, 0.05) is 29.2 Å². The van der Waals surface area contributed by atoms with E-state index in [1.165, 1.54) is 11.0 Å². The van der Waals surface area contributed by atoms with E-state index in [2.05, 4.69) is 15.9 Å². The summed E-state index contributed by atoms with van der Waals surface area (Å²) in [7, 11) is 0. The molecule has 0 bridgehead atoms. The minimum Gasteiger partial charge on any atom is -0.465 e. The summed E-state index contributed by atoms with van der Waals surface area (Å²) in [5.41, 5.74) is 1.38. The summed E-state index contributed by atoms with van der Waals surface area (Å²) in [6.45, 7) is 0.496. The van der Waals surface area contributed by atoms with E-state index >= 15 is 0 Å². The third kappa shape index (κ3) is 2.23. The highest BCUT2D eigenvalue weighted by atomic mass is 79.9. The van der Waals surface area contributed by atoms with Crippen LogP contribution in [-0.2, 0) is 13.0 Å². The maximum atomic E-state index is 10.9. The van der Waals surface area contributed by atoms with Gasteiger partial charge in [0.05, 0.1) is 4.92 Å². The Labute approximate surface area is 105 Å². The number of hydrogen-bond donors (Lipinski definition) is 1. The maximum Gasteiger partial charge on any atom is 0.407 e. The summed E-state index contributed by atoms with van der Waals surface area (Å²) in [4.78, 5) is 22.6. The Morgan fingerprint density at radius 3 is 2.82 bits per heavy atom. The highest BCUT2D eigenvalue weighted by Crippen LogP contribution is 2.31. The van der Waals surface area contributed by atoms with Gasteiger partial charge in [0.15, 0.2) is 0 Å². The Bertz CT molecular complexity index is 503. The Hall–Kier alpha value is -1.63. The molecule has 0 saturated carbocycles. The van der Waals surface area contributed by atoms with Crippen LogP contribution in [0.4, 0.5) is 10.5 Å². The third-order valence-electron chi connectivity index (χ3n) is 2.74. The minimum atomic E-state index is -1.00. The number of halogens is 1. The van der Waals surface area contributed by atoms with E-state index in [1.807, 2.05) is 0 Å². The fraction of sp³-hybridized carbons (Fsp3) is 0.300. The molecular formula is C10H9BrN2O4. The lowest BCUT2D eigenvalue weighted by molar-refractivity contribution is -0.385. The monoisotopic (exact) mass is 300 g/mol. The molecule has 90 valence electrons. The Kier molecular flexibility index (Phi) is 3.01. The molecule has 1 aliphatic heterocycles. The van der Waals surface area contributed by atoms with Crippen molar-refractivity contribution in [3.05, 3.63) is 37.8 Å². The van der Waals surface area contributed by atoms with E-state index < -0.39 is 11.0 Å². The van der Waals surface area contributed by atoms with Crippen molar-refractivity contribution in [3.63, 3.8) is 0 Å². The van der Waals surface area contributed by atoms with Crippen LogP contribution in [0.2, 0.25) is 0 Å². The highest BCUT2D eigenvalue weighted by Gasteiger charge is 2.26. The number of benzene rings is 1. The molecule has 0 fully saturated rings. The lowest BCUT2D eigenvalue weighted by atomic mass is 9.98. The predicted molar refractivity (Wildman–Crippen MR) is 62.9 cm³/mol. The van der Waals surface area contributed by atoms with Crippen molar-refractivity contribution in [2.45, 2.75) is 13.0 Å². The van der Waals surface area contributed by atoms with Gasteiger partial charge in [-0.05, 0) is 18.1 Å². The summed E-state index contributed by atoms with van der Waals surface area (Å²) >= 11 is 3.20. The number of hydrogen-bond acceptors (Lipinski definition) is 3. The molecule has 0 atom stereocenters. The number of fused-ring (bicyclic) bond motifs is 1. The van der Waals surface area contributed by atoms with Gasteiger partial charge in [-0.1, -0.05) is 15.9 Å². The van der Waals surface area contributed by atoms with Gasteiger partial charge >= 0.3 is 6.09 Å². The molecule has 7 heteroatoms. The van der Waals surface area contributed by atoms with Crippen molar-refractivity contribution < 1.29 is 14.8 Å². The van der Waals surface area contributed by atoms with Crippen LogP contribution in [0.3, 0.4) is 0 Å². The zero-order valence-corrected chi connectivity index (χ0v) is 10.3. The van der Waals surface area contributed by atoms with Crippen molar-refractivity contribution >= 4 is 27.7 Å². The molecule has 1 N–H and O–H groups in total. The lowest BCUT2D eigenvalue weighted by Gasteiger charge is -2.26. The predicted octanol–water partition coefficient (Wildman–Crippen LogP) is 2.39. The summed E-state index contributed by atoms with van der Waals surface area (Å²) in [5, 5.41) is 19.8. The second-order valence-electron chi connectivity index (χ2n) is 3.77. The number of carboxylic acid groups (broad SMARTS) is 1. The molecule has 17 heavy (non-hydrogen) atoms. The van der Waals surface area contributed by atoms with Crippen LogP contribution < -0.4 is 0 Å². The molecule has 0 aromatic heterocycles. The fourth-order valence-corrected chi connectivity index (χ4v) is 2.46. The van der Waals surface area contributed by atoms with Gasteiger partial charge in [-0.15, -0.1) is 0 Å². The maximum absolute atomic E-state index is 10.9. The van der Waals surface area contributed by atoms with Crippen LogP contribution in [-0.4, -0.2) is 27.6 Å². The van der Waals surface area contributed by atoms with Gasteiger partial charge in [-0.3, -0.25) is 10.1 Å². The first-order chi connectivity index (χ1) is 7.99. The largest absolute Gasteiger partial charge is 0.465 e. The molecule has 0 saturated heterocycles. The number of rotatable bonds is 1. The van der Waals surface area contributed by atoms with Crippen molar-refractivity contribution in [2.75, 3.05) is 6.54 Å². The number of amides is 1. The molecule has 0 spiro atoms. The molecule has 1 aliphatic rings. The molecule has 0 aliphatic carbocycles. The van der Waals surface area contributed by atoms with Crippen LogP contribution in [0, 0.1) is 10.1 Å². The van der Waals surface area contributed by atoms with Gasteiger partial charge in [-0.25, -0.2) is 4.79 Å². The minimum absolute atomic E-state index is 0.0550. The van der Waals surface area contributed by atoms with Crippen molar-refractivity contribution in [1.82, 2.24) is 4.90 Å². The molecule has 1 amide bonds. The topological polar surface area (TPSA) is 83.7 Å². The van der Waals surface area contributed by atoms with Crippen LogP contribution in [0.15, 0.2) is 16.6 Å². The molecular weight excluding hydrogens is 292 g/mol. The lowest BCUT2D eigenvalue weighted by Crippen LogP contribution is -2.35. The molecule has 6 nitrogen and oxygen atoms in total. The van der Waals surface area contributed by atoms with Gasteiger partial charge in [0.25, 0.3) is 5.69 Å². The standard InChI is InChI=1S/C10H9BrN2O4/c11-7-3-6-5-12(10(14)15)2-1-8(6)9(4-7)13(16)17/h3-4H,1-2,5H2,(H,14,15). The Balaban J connectivity index is 2.45. The van der Waals surface area contributed by atoms with Crippen LogP contribution in [0.25, 0.3) is 0 Å². The molecule has 1 aromatic rings. The zero-order chi connectivity index (χ0) is 12.6. The molecule has 1 aromatic carbocycles. The first-order valence-electron chi connectivity index (χ1n) is 4.92. The van der Waals surface area contributed by atoms with Gasteiger partial charge in [0.2, 0.25) is 0 Å². The molecule has 0 radical (unpaired) electrons. The van der Waals surface area contributed by atoms with E-state index in [1.54, 1.807) is 6.07 Å². The van der Waals surface area contributed by atoms with Gasteiger partial charge < -0.3 is 10.0 Å². The zero-order valence-electron chi connectivity index (χ0n) is 8.72. The highest BCUT2D eigenvalue weighted by molar-refractivity contribution is 9.10. The Morgan fingerprint density at radius 2 is 2.24 bits per heavy atom. The van der Waals surface area contributed by atoms with Crippen LogP contribution >= 0.6 is 15.9 Å². The van der Waals surface area contributed by atoms with Crippen LogP contribution in [0.5, 0.6) is 0 Å². The van der Waals surface area contributed by atoms with Crippen LogP contribution in [0.1, 0.15) is 11.1 Å². The second kappa shape index (κ2) is 4.33. The van der Waals surface area contributed by atoms with Crippen molar-refractivity contribution in [3.8, 4) is 0 Å². The van der Waals surface area contributed by atoms with Crippen molar-refractivity contribution in [1.29, 1.82) is 0 Å². The molecule has 2 rings (SSSR count). The first-order valence-corrected chi connectivity index (χ1v) is 5.72. The van der Waals surface area contributed by atoms with E-state index in [4.69, 9.17) is 5.11 Å². The average molecular weight is 301 g/mol. The fourth-order valence-electron chi connectivity index (χ4n) is 1.96. The second-order valence-corrected chi connectivity index (χ2v) is 4.69. The summed E-state index contributed by atoms with van der Waals surface area (Å²) in [5.74, 6) is 0.